The van der Waals surface area contributed by atoms with E-state index in [9.17, 15) is 4.21 Å². The van der Waals surface area contributed by atoms with Crippen molar-refractivity contribution in [2.75, 3.05) is 5.75 Å². The van der Waals surface area contributed by atoms with Gasteiger partial charge in [0.25, 0.3) is 0 Å². The molecule has 3 heteroatoms. The molecule has 2 nitrogen and oxygen atoms in total. The molecule has 1 aromatic carbocycles. The Morgan fingerprint density at radius 1 is 1.38 bits per heavy atom. The Morgan fingerprint density at radius 2 is 2.19 bits per heavy atom. The number of rotatable bonds is 0. The maximum atomic E-state index is 12.2. The van der Waals surface area contributed by atoms with Gasteiger partial charge in [-0.3, -0.25) is 4.21 Å². The van der Waals surface area contributed by atoms with Crippen LogP contribution in [0.15, 0.2) is 24.3 Å². The molecular weight excluding hydrogens is 218 g/mol. The lowest BCUT2D eigenvalue weighted by molar-refractivity contribution is 0.462. The van der Waals surface area contributed by atoms with E-state index in [1.807, 2.05) is 0 Å². The molecule has 0 bridgehead atoms. The van der Waals surface area contributed by atoms with Crippen molar-refractivity contribution in [1.82, 2.24) is 5.32 Å². The van der Waals surface area contributed by atoms with E-state index in [2.05, 4.69) is 36.5 Å². The number of hydrogen-bond donors (Lipinski definition) is 1. The smallest absolute Gasteiger partial charge is 0.0583 e. The maximum absolute atomic E-state index is 12.2. The molecular formula is C13H17NOS. The van der Waals surface area contributed by atoms with E-state index in [0.29, 0.717) is 17.3 Å². The number of benzene rings is 1. The zero-order valence-corrected chi connectivity index (χ0v) is 10.3. The van der Waals surface area contributed by atoms with Gasteiger partial charge in [-0.2, -0.15) is 0 Å². The lowest BCUT2D eigenvalue weighted by Gasteiger charge is -2.20. The van der Waals surface area contributed by atoms with Crippen molar-refractivity contribution < 1.29 is 4.21 Å². The first-order valence-electron chi connectivity index (χ1n) is 5.97. The minimum Gasteiger partial charge on any atom is -0.306 e. The van der Waals surface area contributed by atoms with Gasteiger partial charge >= 0.3 is 0 Å². The van der Waals surface area contributed by atoms with Crippen molar-refractivity contribution in [3.63, 3.8) is 0 Å². The molecule has 1 saturated heterocycles. The highest BCUT2D eigenvalue weighted by Gasteiger charge is 2.38. The third-order valence-corrected chi connectivity index (χ3v) is 5.49. The van der Waals surface area contributed by atoms with E-state index < -0.39 is 10.8 Å². The predicted molar refractivity (Wildman–Crippen MR) is 66.9 cm³/mol. The predicted octanol–water partition coefficient (Wildman–Crippen LogP) is 1.78. The molecule has 0 aromatic heterocycles. The van der Waals surface area contributed by atoms with E-state index in [1.165, 1.54) is 11.1 Å². The molecule has 4 atom stereocenters. The second-order valence-corrected chi connectivity index (χ2v) is 6.64. The lowest BCUT2D eigenvalue weighted by atomic mass is 10.1. The van der Waals surface area contributed by atoms with Crippen LogP contribution >= 0.6 is 0 Å². The maximum Gasteiger partial charge on any atom is 0.0583 e. The minimum atomic E-state index is -0.672. The molecule has 86 valence electrons. The number of fused-ring (bicyclic) bond motifs is 3. The molecule has 4 unspecified atom stereocenters. The summed E-state index contributed by atoms with van der Waals surface area (Å²) in [4.78, 5) is 0. The third-order valence-electron chi connectivity index (χ3n) is 3.74. The topological polar surface area (TPSA) is 29.1 Å². The van der Waals surface area contributed by atoms with Gasteiger partial charge in [0.2, 0.25) is 0 Å². The van der Waals surface area contributed by atoms with E-state index in [4.69, 9.17) is 0 Å². The summed E-state index contributed by atoms with van der Waals surface area (Å²) in [6.07, 6.45) is 2.01. The quantitative estimate of drug-likeness (QED) is 0.742. The fourth-order valence-corrected chi connectivity index (χ4v) is 4.62. The molecule has 0 spiro atoms. The third kappa shape index (κ3) is 1.62. The van der Waals surface area contributed by atoms with Gasteiger partial charge in [0, 0.05) is 28.6 Å². The van der Waals surface area contributed by atoms with Gasteiger partial charge in [0.1, 0.15) is 0 Å². The second-order valence-electron chi connectivity index (χ2n) is 4.86. The van der Waals surface area contributed by atoms with Gasteiger partial charge in [0.15, 0.2) is 0 Å². The molecule has 2 aliphatic rings. The van der Waals surface area contributed by atoms with Crippen molar-refractivity contribution in [1.29, 1.82) is 0 Å². The largest absolute Gasteiger partial charge is 0.306 e. The molecule has 1 heterocycles. The van der Waals surface area contributed by atoms with Gasteiger partial charge in [-0.05, 0) is 30.9 Å². The molecule has 1 aliphatic carbocycles. The Balaban J connectivity index is 2.01. The average molecular weight is 235 g/mol. The molecule has 1 aliphatic heterocycles. The fraction of sp³-hybridized carbons (Fsp3) is 0.538. The molecule has 16 heavy (non-hydrogen) atoms. The molecule has 0 saturated carbocycles. The summed E-state index contributed by atoms with van der Waals surface area (Å²) in [6.45, 7) is 2.19. The average Bonchev–Trinajstić information content (AvgIpc) is 2.59. The van der Waals surface area contributed by atoms with Crippen LogP contribution in [-0.4, -0.2) is 21.3 Å². The Bertz CT molecular complexity index is 432. The first kappa shape index (κ1) is 10.5. The van der Waals surface area contributed by atoms with E-state index >= 15 is 0 Å². The first-order chi connectivity index (χ1) is 7.75. The van der Waals surface area contributed by atoms with Crippen molar-refractivity contribution in [2.45, 2.75) is 37.1 Å². The SMILES string of the molecule is CC1CCS(=O)C2Cc3ccccc3C2N1. The van der Waals surface area contributed by atoms with Crippen LogP contribution in [0.4, 0.5) is 0 Å². The lowest BCUT2D eigenvalue weighted by Crippen LogP contribution is -2.33. The molecule has 1 fully saturated rings. The second kappa shape index (κ2) is 3.97. The minimum absolute atomic E-state index is 0.294. The standard InChI is InChI=1S/C13H17NOS/c1-9-6-7-16(15)12-8-10-4-2-3-5-11(10)13(12)14-9/h2-5,9,12-14H,6-8H2,1H3. The molecule has 0 radical (unpaired) electrons. The summed E-state index contributed by atoms with van der Waals surface area (Å²) >= 11 is 0. The van der Waals surface area contributed by atoms with E-state index in [-0.39, 0.29) is 0 Å². The summed E-state index contributed by atoms with van der Waals surface area (Å²) in [5.41, 5.74) is 2.75. The molecule has 3 rings (SSSR count). The van der Waals surface area contributed by atoms with Crippen LogP contribution in [-0.2, 0) is 17.2 Å². The van der Waals surface area contributed by atoms with Crippen LogP contribution in [0, 0.1) is 0 Å². The number of hydrogen-bond acceptors (Lipinski definition) is 2. The fourth-order valence-electron chi connectivity index (χ4n) is 2.83. The van der Waals surface area contributed by atoms with Crippen molar-refractivity contribution in [3.8, 4) is 0 Å². The summed E-state index contributed by atoms with van der Waals surface area (Å²) < 4.78 is 12.2. The number of nitrogens with one attached hydrogen (secondary N) is 1. The zero-order valence-electron chi connectivity index (χ0n) is 9.48. The monoisotopic (exact) mass is 235 g/mol. The van der Waals surface area contributed by atoms with Crippen LogP contribution in [0.2, 0.25) is 0 Å². The van der Waals surface area contributed by atoms with Gasteiger partial charge in [-0.15, -0.1) is 0 Å². The Morgan fingerprint density at radius 3 is 3.06 bits per heavy atom. The van der Waals surface area contributed by atoms with Gasteiger partial charge < -0.3 is 5.32 Å². The summed E-state index contributed by atoms with van der Waals surface area (Å²) in [5.74, 6) is 0.851. The zero-order chi connectivity index (χ0) is 11.1. The molecule has 1 N–H and O–H groups in total. The summed E-state index contributed by atoms with van der Waals surface area (Å²) in [6, 6.07) is 9.31. The summed E-state index contributed by atoms with van der Waals surface area (Å²) in [5, 5.41) is 3.93. The van der Waals surface area contributed by atoms with Crippen molar-refractivity contribution >= 4 is 10.8 Å². The molecule has 1 aromatic rings. The first-order valence-corrected chi connectivity index (χ1v) is 7.35. The van der Waals surface area contributed by atoms with Crippen LogP contribution in [0.1, 0.15) is 30.5 Å². The van der Waals surface area contributed by atoms with Crippen molar-refractivity contribution in [2.24, 2.45) is 0 Å². The van der Waals surface area contributed by atoms with E-state index in [1.54, 1.807) is 0 Å². The van der Waals surface area contributed by atoms with Crippen LogP contribution in [0.3, 0.4) is 0 Å². The Kier molecular flexibility index (Phi) is 2.60. The normalized spacial score (nSPS) is 37.6. The highest BCUT2D eigenvalue weighted by Crippen LogP contribution is 2.36. The van der Waals surface area contributed by atoms with Crippen LogP contribution in [0.5, 0.6) is 0 Å². The van der Waals surface area contributed by atoms with Crippen LogP contribution in [0.25, 0.3) is 0 Å². The van der Waals surface area contributed by atoms with Gasteiger partial charge in [-0.25, -0.2) is 0 Å². The Hall–Kier alpha value is -0.670. The van der Waals surface area contributed by atoms with Gasteiger partial charge in [0.05, 0.1) is 5.25 Å². The van der Waals surface area contributed by atoms with Gasteiger partial charge in [-0.1, -0.05) is 24.3 Å². The van der Waals surface area contributed by atoms with E-state index in [0.717, 1.165) is 18.6 Å². The van der Waals surface area contributed by atoms with Crippen molar-refractivity contribution in [3.05, 3.63) is 35.4 Å². The molecule has 0 amide bonds. The Labute approximate surface area is 98.9 Å². The summed E-state index contributed by atoms with van der Waals surface area (Å²) in [7, 11) is -0.672. The van der Waals surface area contributed by atoms with Crippen LogP contribution < -0.4 is 5.32 Å². The highest BCUT2D eigenvalue weighted by molar-refractivity contribution is 7.85. The highest BCUT2D eigenvalue weighted by atomic mass is 32.2.